The summed E-state index contributed by atoms with van der Waals surface area (Å²) in [5.74, 6) is 0.310. The third-order valence-electron chi connectivity index (χ3n) is 9.58. The molecule has 0 fully saturated rings. The van der Waals surface area contributed by atoms with Gasteiger partial charge >= 0.3 is 0 Å². The summed E-state index contributed by atoms with van der Waals surface area (Å²) in [7, 11) is 0. The Labute approximate surface area is 270 Å². The largest absolute Gasteiger partial charge is 0.314 e. The van der Waals surface area contributed by atoms with Gasteiger partial charge < -0.3 is 9.80 Å². The molecule has 0 amide bonds. The van der Waals surface area contributed by atoms with Gasteiger partial charge in [-0.3, -0.25) is 9.97 Å². The molecule has 0 N–H and O–H groups in total. The summed E-state index contributed by atoms with van der Waals surface area (Å²) >= 11 is 0. The molecule has 1 atom stereocenters. The number of allylic oxidation sites excluding steroid dienone is 4. The summed E-state index contributed by atoms with van der Waals surface area (Å²) in [5, 5.41) is 0. The van der Waals surface area contributed by atoms with Crippen molar-refractivity contribution >= 4 is 46.1 Å². The zero-order valence-corrected chi connectivity index (χ0v) is 25.6. The van der Waals surface area contributed by atoms with Crippen LogP contribution in [0, 0.1) is 5.92 Å². The molecule has 0 spiro atoms. The molecule has 2 aliphatic heterocycles. The van der Waals surface area contributed by atoms with Crippen LogP contribution in [0.1, 0.15) is 13.3 Å². The van der Waals surface area contributed by atoms with E-state index in [0.717, 1.165) is 40.3 Å². The van der Waals surface area contributed by atoms with E-state index in [1.54, 1.807) is 0 Å². The van der Waals surface area contributed by atoms with Crippen molar-refractivity contribution in [3.05, 3.63) is 163 Å². The maximum Gasteiger partial charge on any atom is 0.251 e. The van der Waals surface area contributed by atoms with Crippen LogP contribution in [0.4, 0.5) is 28.4 Å². The zero-order valence-electron chi connectivity index (χ0n) is 25.6. The van der Waals surface area contributed by atoms with E-state index in [1.165, 1.54) is 39.2 Å². The summed E-state index contributed by atoms with van der Waals surface area (Å²) in [6.45, 7) is 2.49. The fourth-order valence-electron chi connectivity index (χ4n) is 7.71. The predicted molar refractivity (Wildman–Crippen MR) is 191 cm³/mol. The van der Waals surface area contributed by atoms with Crippen molar-refractivity contribution in [2.75, 3.05) is 9.80 Å². The van der Waals surface area contributed by atoms with Gasteiger partial charge in [-0.15, -0.1) is 0 Å². The first-order valence-electron chi connectivity index (χ1n) is 16.0. The van der Waals surface area contributed by atoms with E-state index in [9.17, 15) is 0 Å². The molecule has 4 nitrogen and oxygen atoms in total. The molecular formula is C41H31BN4. The minimum atomic E-state index is 0.118. The van der Waals surface area contributed by atoms with E-state index in [1.807, 2.05) is 24.5 Å². The Morgan fingerprint density at radius 2 is 1.22 bits per heavy atom. The van der Waals surface area contributed by atoms with Crippen molar-refractivity contribution in [2.45, 2.75) is 13.3 Å². The quantitative estimate of drug-likeness (QED) is 0.192. The van der Waals surface area contributed by atoms with Crippen LogP contribution in [0.2, 0.25) is 0 Å². The SMILES string of the molecule is CC1CC=CC2=C1N(c1c(-c3ccccn3)cccc1-c1ccccn1)c1cccc3c1B2c1ccccc1N3c1ccccc1. The highest BCUT2D eigenvalue weighted by Crippen LogP contribution is 2.51. The van der Waals surface area contributed by atoms with Crippen LogP contribution in [0.25, 0.3) is 22.5 Å². The molecule has 3 aliphatic rings. The predicted octanol–water partition coefficient (Wildman–Crippen LogP) is 8.74. The average Bonchev–Trinajstić information content (AvgIpc) is 3.12. The molecule has 9 rings (SSSR count). The molecular weight excluding hydrogens is 559 g/mol. The number of pyridine rings is 2. The van der Waals surface area contributed by atoms with Crippen molar-refractivity contribution in [1.82, 2.24) is 9.97 Å². The van der Waals surface area contributed by atoms with Crippen molar-refractivity contribution < 1.29 is 0 Å². The highest BCUT2D eigenvalue weighted by atomic mass is 15.2. The van der Waals surface area contributed by atoms with Gasteiger partial charge in [-0.05, 0) is 83.3 Å². The lowest BCUT2D eigenvalue weighted by molar-refractivity contribution is 0.666. The highest BCUT2D eigenvalue weighted by Gasteiger charge is 2.45. The molecule has 46 heavy (non-hydrogen) atoms. The minimum Gasteiger partial charge on any atom is -0.314 e. The maximum atomic E-state index is 4.87. The van der Waals surface area contributed by atoms with Crippen LogP contribution in [0.3, 0.4) is 0 Å². The number of fused-ring (bicyclic) bond motifs is 3. The number of hydrogen-bond acceptors (Lipinski definition) is 4. The first-order chi connectivity index (χ1) is 22.8. The molecule has 1 unspecified atom stereocenters. The lowest BCUT2D eigenvalue weighted by atomic mass is 9.32. The third-order valence-corrected chi connectivity index (χ3v) is 9.58. The molecule has 0 bridgehead atoms. The fourth-order valence-corrected chi connectivity index (χ4v) is 7.71. The van der Waals surface area contributed by atoms with Crippen molar-refractivity contribution in [3.8, 4) is 22.5 Å². The van der Waals surface area contributed by atoms with Gasteiger partial charge in [0.2, 0.25) is 0 Å². The third kappa shape index (κ3) is 4.01. The summed E-state index contributed by atoms with van der Waals surface area (Å²) in [6, 6.07) is 45.4. The molecule has 1 aliphatic carbocycles. The Morgan fingerprint density at radius 1 is 0.609 bits per heavy atom. The Balaban J connectivity index is 1.40. The number of anilines is 5. The summed E-state index contributed by atoms with van der Waals surface area (Å²) in [5.41, 5.74) is 15.4. The fraction of sp³-hybridized carbons (Fsp3) is 0.0732. The molecule has 4 heterocycles. The van der Waals surface area contributed by atoms with E-state index in [0.29, 0.717) is 5.92 Å². The second-order valence-corrected chi connectivity index (χ2v) is 12.2. The molecule has 6 aromatic rings. The molecule has 0 radical (unpaired) electrons. The Hall–Kier alpha value is -5.68. The summed E-state index contributed by atoms with van der Waals surface area (Å²) in [6.07, 6.45) is 9.51. The van der Waals surface area contributed by atoms with E-state index in [2.05, 4.69) is 144 Å². The van der Waals surface area contributed by atoms with E-state index < -0.39 is 0 Å². The van der Waals surface area contributed by atoms with Gasteiger partial charge in [0.05, 0.1) is 17.1 Å². The van der Waals surface area contributed by atoms with E-state index in [4.69, 9.17) is 9.97 Å². The standard InChI is InChI=1S/C41H31BN4/c1-28-14-11-20-33-40(28)46(41-30(34-21-7-9-26-43-34)17-12-18-31(41)35-22-8-10-27-44-35)38-25-13-24-37-39(38)42(33)32-19-5-6-23-36(32)45(37)29-15-3-2-4-16-29/h2-13,15-28H,14H2,1H3. The maximum absolute atomic E-state index is 4.87. The molecule has 2 aromatic heterocycles. The first kappa shape index (κ1) is 26.7. The molecule has 0 saturated heterocycles. The molecule has 0 saturated carbocycles. The van der Waals surface area contributed by atoms with Crippen molar-refractivity contribution in [2.24, 2.45) is 5.92 Å². The number of nitrogens with zero attached hydrogens (tertiary/aromatic N) is 4. The Morgan fingerprint density at radius 3 is 1.91 bits per heavy atom. The van der Waals surface area contributed by atoms with Crippen LogP contribution in [0.15, 0.2) is 163 Å². The molecule has 5 heteroatoms. The van der Waals surface area contributed by atoms with Gasteiger partial charge in [-0.25, -0.2) is 0 Å². The molecule has 218 valence electrons. The lowest BCUT2D eigenvalue weighted by Crippen LogP contribution is -2.56. The smallest absolute Gasteiger partial charge is 0.251 e. The second-order valence-electron chi connectivity index (χ2n) is 12.2. The number of aromatic nitrogens is 2. The summed E-state index contributed by atoms with van der Waals surface area (Å²) in [4.78, 5) is 14.7. The second kappa shape index (κ2) is 10.7. The van der Waals surface area contributed by atoms with Gasteiger partial charge in [0, 0.05) is 52.0 Å². The first-order valence-corrected chi connectivity index (χ1v) is 16.0. The number of benzene rings is 4. The van der Waals surface area contributed by atoms with E-state index in [-0.39, 0.29) is 6.71 Å². The van der Waals surface area contributed by atoms with Gasteiger partial charge in [0.15, 0.2) is 0 Å². The minimum absolute atomic E-state index is 0.118. The molecule has 4 aromatic carbocycles. The topological polar surface area (TPSA) is 32.3 Å². The van der Waals surface area contributed by atoms with Gasteiger partial charge in [-0.2, -0.15) is 0 Å². The Kier molecular flexibility index (Phi) is 6.24. The number of hydrogen-bond donors (Lipinski definition) is 0. The van der Waals surface area contributed by atoms with Gasteiger partial charge in [0.25, 0.3) is 6.71 Å². The highest BCUT2D eigenvalue weighted by molar-refractivity contribution is 6.95. The van der Waals surface area contributed by atoms with Crippen LogP contribution < -0.4 is 20.7 Å². The van der Waals surface area contributed by atoms with Crippen LogP contribution in [-0.4, -0.2) is 16.7 Å². The lowest BCUT2D eigenvalue weighted by Gasteiger charge is -2.47. The monoisotopic (exact) mass is 590 g/mol. The van der Waals surface area contributed by atoms with Gasteiger partial charge in [-0.1, -0.05) is 91.9 Å². The van der Waals surface area contributed by atoms with Crippen LogP contribution >= 0.6 is 0 Å². The van der Waals surface area contributed by atoms with Gasteiger partial charge in [0.1, 0.15) is 0 Å². The van der Waals surface area contributed by atoms with Crippen LogP contribution in [0.5, 0.6) is 0 Å². The number of para-hydroxylation sites is 3. The Bertz CT molecular complexity index is 2100. The van der Waals surface area contributed by atoms with E-state index >= 15 is 0 Å². The van der Waals surface area contributed by atoms with Crippen LogP contribution in [-0.2, 0) is 0 Å². The van der Waals surface area contributed by atoms with Crippen molar-refractivity contribution in [1.29, 1.82) is 0 Å². The number of rotatable bonds is 4. The zero-order chi connectivity index (χ0) is 30.6. The average molecular weight is 591 g/mol. The normalized spacial score (nSPS) is 16.2. The summed E-state index contributed by atoms with van der Waals surface area (Å²) < 4.78 is 0. The van der Waals surface area contributed by atoms with Crippen molar-refractivity contribution in [3.63, 3.8) is 0 Å².